The van der Waals surface area contributed by atoms with Crippen LogP contribution in [0.15, 0.2) is 22.7 Å². The molecule has 0 saturated heterocycles. The summed E-state index contributed by atoms with van der Waals surface area (Å²) in [5.41, 5.74) is 2.99. The smallest absolute Gasteiger partial charge is 0.259 e. The molecule has 0 bridgehead atoms. The van der Waals surface area contributed by atoms with Gasteiger partial charge in [-0.1, -0.05) is 30.5 Å². The predicted molar refractivity (Wildman–Crippen MR) is 104 cm³/mol. The Morgan fingerprint density at radius 2 is 2.04 bits per heavy atom. The van der Waals surface area contributed by atoms with Crippen molar-refractivity contribution in [3.05, 3.63) is 46.3 Å². The van der Waals surface area contributed by atoms with E-state index in [1.54, 1.807) is 18.7 Å². The number of carbonyl (C=O) groups is 1. The molecule has 6 nitrogen and oxygen atoms in total. The molecular weight excluding hydrogens is 356 g/mol. The van der Waals surface area contributed by atoms with E-state index in [1.165, 1.54) is 19.3 Å². The highest BCUT2D eigenvalue weighted by molar-refractivity contribution is 5.96. The fraction of sp³-hybridized carbons (Fsp3) is 0.545. The number of aryl methyl sites for hydroxylation is 2. The molecule has 6 heteroatoms. The number of hydrogen-bond donors (Lipinski definition) is 1. The normalized spacial score (nSPS) is 18.9. The van der Waals surface area contributed by atoms with E-state index in [4.69, 9.17) is 9.26 Å². The van der Waals surface area contributed by atoms with Crippen LogP contribution in [0.4, 0.5) is 0 Å². The van der Waals surface area contributed by atoms with Crippen LogP contribution in [0.25, 0.3) is 0 Å². The lowest BCUT2D eigenvalue weighted by molar-refractivity contribution is 0.0730. The third-order valence-electron chi connectivity index (χ3n) is 6.04. The van der Waals surface area contributed by atoms with Crippen LogP contribution >= 0.6 is 0 Å². The highest BCUT2D eigenvalue weighted by atomic mass is 16.5. The summed E-state index contributed by atoms with van der Waals surface area (Å²) in [6, 6.07) is 5.90. The first-order chi connectivity index (χ1) is 13.5. The minimum absolute atomic E-state index is 0.0917. The molecule has 2 aliphatic rings. The summed E-state index contributed by atoms with van der Waals surface area (Å²) < 4.78 is 11.0. The molecule has 150 valence electrons. The molecule has 4 rings (SSSR count). The number of rotatable bonds is 3. The average Bonchev–Trinajstić information content (AvgIpc) is 2.92. The Hall–Kier alpha value is -2.34. The summed E-state index contributed by atoms with van der Waals surface area (Å²) in [5.74, 6) is 1.55. The molecule has 1 amide bonds. The van der Waals surface area contributed by atoms with Crippen LogP contribution in [0.3, 0.4) is 0 Å². The van der Waals surface area contributed by atoms with Gasteiger partial charge in [0.15, 0.2) is 0 Å². The maximum Gasteiger partial charge on any atom is 0.259 e. The predicted octanol–water partition coefficient (Wildman–Crippen LogP) is 3.94. The van der Waals surface area contributed by atoms with Gasteiger partial charge in [0.2, 0.25) is 0 Å². The van der Waals surface area contributed by atoms with E-state index >= 15 is 0 Å². The van der Waals surface area contributed by atoms with Gasteiger partial charge in [-0.3, -0.25) is 4.79 Å². The van der Waals surface area contributed by atoms with Crippen molar-refractivity contribution in [2.45, 2.75) is 58.6 Å². The van der Waals surface area contributed by atoms with Crippen molar-refractivity contribution in [2.24, 2.45) is 5.92 Å². The van der Waals surface area contributed by atoms with Gasteiger partial charge in [-0.2, -0.15) is 0 Å². The minimum Gasteiger partial charge on any atom is -0.491 e. The van der Waals surface area contributed by atoms with E-state index < -0.39 is 6.10 Å². The van der Waals surface area contributed by atoms with Gasteiger partial charge in [0, 0.05) is 12.1 Å². The Balaban J connectivity index is 1.57. The fourth-order valence-electron chi connectivity index (χ4n) is 4.44. The third kappa shape index (κ3) is 3.65. The zero-order chi connectivity index (χ0) is 19.7. The van der Waals surface area contributed by atoms with E-state index in [9.17, 15) is 9.90 Å². The second-order valence-corrected chi connectivity index (χ2v) is 7.98. The third-order valence-corrected chi connectivity index (χ3v) is 6.04. The van der Waals surface area contributed by atoms with Crippen molar-refractivity contribution in [1.82, 2.24) is 10.1 Å². The van der Waals surface area contributed by atoms with Crippen molar-refractivity contribution >= 4 is 5.91 Å². The molecule has 1 fully saturated rings. The van der Waals surface area contributed by atoms with Gasteiger partial charge in [-0.15, -0.1) is 0 Å². The second-order valence-electron chi connectivity index (χ2n) is 7.98. The molecule has 2 aromatic rings. The first-order valence-electron chi connectivity index (χ1n) is 10.2. The molecule has 2 heterocycles. The van der Waals surface area contributed by atoms with Gasteiger partial charge < -0.3 is 19.3 Å². The SMILES string of the molecule is Cc1noc(C)c1C(=O)N1CCOc2ccc(C(O)C3CCCCC3)cc2C1. The number of aliphatic hydroxyl groups is 1. The first kappa shape index (κ1) is 19.0. The Morgan fingerprint density at radius 1 is 1.25 bits per heavy atom. The highest BCUT2D eigenvalue weighted by Crippen LogP contribution is 2.36. The molecule has 1 aliphatic carbocycles. The van der Waals surface area contributed by atoms with Gasteiger partial charge in [0.25, 0.3) is 5.91 Å². The van der Waals surface area contributed by atoms with E-state index in [2.05, 4.69) is 5.16 Å². The van der Waals surface area contributed by atoms with Crippen molar-refractivity contribution in [3.8, 4) is 5.75 Å². The number of hydrogen-bond acceptors (Lipinski definition) is 5. The quantitative estimate of drug-likeness (QED) is 0.867. The number of carbonyl (C=O) groups excluding carboxylic acids is 1. The van der Waals surface area contributed by atoms with Gasteiger partial charge in [0.1, 0.15) is 23.7 Å². The Labute approximate surface area is 165 Å². The number of amides is 1. The standard InChI is InChI=1S/C22H28N2O4/c1-14-20(15(2)28-23-14)22(26)24-10-11-27-19-9-8-17(12-18(19)13-24)21(25)16-6-4-3-5-7-16/h8-9,12,16,21,25H,3-7,10-11,13H2,1-2H3. The van der Waals surface area contributed by atoms with Gasteiger partial charge in [0.05, 0.1) is 18.3 Å². The molecule has 1 atom stereocenters. The van der Waals surface area contributed by atoms with Crippen LogP contribution in [0.1, 0.15) is 71.1 Å². The average molecular weight is 384 g/mol. The molecule has 28 heavy (non-hydrogen) atoms. The number of fused-ring (bicyclic) bond motifs is 1. The molecule has 1 N–H and O–H groups in total. The van der Waals surface area contributed by atoms with E-state index in [1.807, 2.05) is 18.2 Å². The Bertz CT molecular complexity index is 835. The van der Waals surface area contributed by atoms with E-state index in [0.29, 0.717) is 42.6 Å². The fourth-order valence-corrected chi connectivity index (χ4v) is 4.44. The van der Waals surface area contributed by atoms with Crippen LogP contribution in [0.5, 0.6) is 5.75 Å². The van der Waals surface area contributed by atoms with E-state index in [0.717, 1.165) is 29.7 Å². The van der Waals surface area contributed by atoms with Crippen molar-refractivity contribution in [1.29, 1.82) is 0 Å². The molecular formula is C22H28N2O4. The maximum absolute atomic E-state index is 13.1. The summed E-state index contributed by atoms with van der Waals surface area (Å²) in [6.07, 6.45) is 5.34. The lowest BCUT2D eigenvalue weighted by Crippen LogP contribution is -2.33. The van der Waals surface area contributed by atoms with Gasteiger partial charge in [-0.25, -0.2) is 0 Å². The highest BCUT2D eigenvalue weighted by Gasteiger charge is 2.28. The summed E-state index contributed by atoms with van der Waals surface area (Å²) in [7, 11) is 0. The lowest BCUT2D eigenvalue weighted by atomic mass is 9.82. The summed E-state index contributed by atoms with van der Waals surface area (Å²) in [4.78, 5) is 14.8. The largest absolute Gasteiger partial charge is 0.491 e. The molecule has 0 spiro atoms. The van der Waals surface area contributed by atoms with Gasteiger partial charge in [-0.05, 0) is 50.3 Å². The summed E-state index contributed by atoms with van der Waals surface area (Å²) in [5, 5.41) is 14.8. The minimum atomic E-state index is -0.458. The summed E-state index contributed by atoms with van der Waals surface area (Å²) >= 11 is 0. The second kappa shape index (κ2) is 7.95. The van der Waals surface area contributed by atoms with Crippen molar-refractivity contribution in [3.63, 3.8) is 0 Å². The Kier molecular flexibility index (Phi) is 5.40. The monoisotopic (exact) mass is 384 g/mol. The number of benzene rings is 1. The van der Waals surface area contributed by atoms with Gasteiger partial charge >= 0.3 is 0 Å². The number of aromatic nitrogens is 1. The lowest BCUT2D eigenvalue weighted by Gasteiger charge is -2.27. The first-order valence-corrected chi connectivity index (χ1v) is 10.2. The van der Waals surface area contributed by atoms with Crippen LogP contribution in [-0.2, 0) is 6.54 Å². The van der Waals surface area contributed by atoms with Crippen LogP contribution < -0.4 is 4.74 Å². The maximum atomic E-state index is 13.1. The van der Waals surface area contributed by atoms with E-state index in [-0.39, 0.29) is 5.91 Å². The summed E-state index contributed by atoms with van der Waals surface area (Å²) in [6.45, 7) is 4.92. The topological polar surface area (TPSA) is 75.8 Å². The zero-order valence-corrected chi connectivity index (χ0v) is 16.6. The molecule has 1 saturated carbocycles. The Morgan fingerprint density at radius 3 is 2.75 bits per heavy atom. The molecule has 1 aliphatic heterocycles. The molecule has 1 unspecified atom stereocenters. The van der Waals surface area contributed by atoms with Crippen LogP contribution in [-0.4, -0.2) is 34.2 Å². The number of nitrogens with zero attached hydrogens (tertiary/aromatic N) is 2. The number of aliphatic hydroxyl groups excluding tert-OH is 1. The molecule has 1 aromatic heterocycles. The molecule has 0 radical (unpaired) electrons. The molecule has 1 aromatic carbocycles. The van der Waals surface area contributed by atoms with Crippen molar-refractivity contribution < 1.29 is 19.2 Å². The zero-order valence-electron chi connectivity index (χ0n) is 16.6. The number of ether oxygens (including phenoxy) is 1. The van der Waals surface area contributed by atoms with Crippen molar-refractivity contribution in [2.75, 3.05) is 13.2 Å². The van der Waals surface area contributed by atoms with Crippen LogP contribution in [0.2, 0.25) is 0 Å². The van der Waals surface area contributed by atoms with Crippen LogP contribution in [0, 0.1) is 19.8 Å².